The van der Waals surface area contributed by atoms with E-state index in [-0.39, 0.29) is 5.41 Å². The van der Waals surface area contributed by atoms with Gasteiger partial charge in [-0.15, -0.1) is 0 Å². The summed E-state index contributed by atoms with van der Waals surface area (Å²) in [5.74, 6) is 0. The highest BCUT2D eigenvalue weighted by atomic mass is 16.3. The van der Waals surface area contributed by atoms with Crippen LogP contribution in [-0.4, -0.2) is 0 Å². The van der Waals surface area contributed by atoms with Gasteiger partial charge in [0.1, 0.15) is 22.3 Å². The van der Waals surface area contributed by atoms with E-state index in [1.54, 1.807) is 0 Å². The van der Waals surface area contributed by atoms with Gasteiger partial charge in [-0.1, -0.05) is 160 Å². The van der Waals surface area contributed by atoms with Crippen LogP contribution in [0.2, 0.25) is 0 Å². The number of furan rings is 2. The molecular formula is C52H36O2. The summed E-state index contributed by atoms with van der Waals surface area (Å²) in [5, 5.41) is 11.9. The maximum Gasteiger partial charge on any atom is 0.143 e. The lowest BCUT2D eigenvalue weighted by Gasteiger charge is -2.22. The van der Waals surface area contributed by atoms with Crippen molar-refractivity contribution in [1.29, 1.82) is 0 Å². The van der Waals surface area contributed by atoms with Crippen molar-refractivity contribution in [2.45, 2.75) is 26.2 Å². The number of rotatable bonds is 3. The fraction of sp³-hybridized carbons (Fsp3) is 0.0769. The Morgan fingerprint density at radius 1 is 0.370 bits per heavy atom. The van der Waals surface area contributed by atoms with Gasteiger partial charge < -0.3 is 8.83 Å². The highest BCUT2D eigenvalue weighted by Gasteiger charge is 2.22. The van der Waals surface area contributed by atoms with Gasteiger partial charge >= 0.3 is 0 Å². The molecule has 2 heterocycles. The molecule has 0 fully saturated rings. The summed E-state index contributed by atoms with van der Waals surface area (Å²) in [6.45, 7) is 6.85. The maximum atomic E-state index is 6.77. The Hall–Kier alpha value is -6.64. The highest BCUT2D eigenvalue weighted by molar-refractivity contribution is 6.32. The minimum absolute atomic E-state index is 0.0577. The van der Waals surface area contributed by atoms with Crippen LogP contribution in [0, 0.1) is 0 Å². The third-order valence-electron chi connectivity index (χ3n) is 11.4. The Labute approximate surface area is 312 Å². The van der Waals surface area contributed by atoms with E-state index in [0.29, 0.717) is 0 Å². The Morgan fingerprint density at radius 2 is 0.907 bits per heavy atom. The zero-order valence-corrected chi connectivity index (χ0v) is 30.4. The van der Waals surface area contributed by atoms with Crippen LogP contribution in [0.15, 0.2) is 173 Å². The van der Waals surface area contributed by atoms with E-state index >= 15 is 0 Å². The molecule has 0 aliphatic rings. The second kappa shape index (κ2) is 11.4. The molecule has 256 valence electrons. The molecule has 2 aromatic heterocycles. The molecule has 0 radical (unpaired) electrons. The van der Waals surface area contributed by atoms with Crippen molar-refractivity contribution in [2.75, 3.05) is 0 Å². The second-order valence-corrected chi connectivity index (χ2v) is 15.6. The van der Waals surface area contributed by atoms with E-state index in [4.69, 9.17) is 8.83 Å². The first-order valence-corrected chi connectivity index (χ1v) is 18.8. The summed E-state index contributed by atoms with van der Waals surface area (Å²) in [6.07, 6.45) is 0. The van der Waals surface area contributed by atoms with Gasteiger partial charge in [0.05, 0.1) is 0 Å². The van der Waals surface area contributed by atoms with Crippen molar-refractivity contribution in [3.8, 4) is 33.4 Å². The maximum absolute atomic E-state index is 6.77. The zero-order chi connectivity index (χ0) is 36.1. The van der Waals surface area contributed by atoms with E-state index in [2.05, 4.69) is 166 Å². The molecule has 2 heteroatoms. The average Bonchev–Trinajstić information content (AvgIpc) is 3.79. The van der Waals surface area contributed by atoms with Crippen LogP contribution < -0.4 is 0 Å². The summed E-state index contributed by atoms with van der Waals surface area (Å²) in [5.41, 5.74) is 12.1. The largest absolute Gasteiger partial charge is 0.456 e. The molecular weight excluding hydrogens is 657 g/mol. The van der Waals surface area contributed by atoms with Gasteiger partial charge in [0, 0.05) is 32.5 Å². The fourth-order valence-corrected chi connectivity index (χ4v) is 8.85. The predicted octanol–water partition coefficient (Wildman–Crippen LogP) is 15.2. The van der Waals surface area contributed by atoms with Gasteiger partial charge in [-0.25, -0.2) is 0 Å². The van der Waals surface area contributed by atoms with Crippen LogP contribution in [0.4, 0.5) is 0 Å². The van der Waals surface area contributed by atoms with Crippen molar-refractivity contribution in [1.82, 2.24) is 0 Å². The Balaban J connectivity index is 1.14. The zero-order valence-electron chi connectivity index (χ0n) is 30.4. The van der Waals surface area contributed by atoms with Gasteiger partial charge in [-0.05, 0) is 90.0 Å². The number of fused-ring (bicyclic) bond motifs is 11. The monoisotopic (exact) mass is 692 g/mol. The Bertz CT molecular complexity index is 3240. The second-order valence-electron chi connectivity index (χ2n) is 15.6. The lowest BCUT2D eigenvalue weighted by atomic mass is 9.82. The lowest BCUT2D eigenvalue weighted by molar-refractivity contribution is 0.590. The van der Waals surface area contributed by atoms with Gasteiger partial charge in [-0.2, -0.15) is 0 Å². The van der Waals surface area contributed by atoms with Crippen molar-refractivity contribution in [3.63, 3.8) is 0 Å². The van der Waals surface area contributed by atoms with Crippen molar-refractivity contribution < 1.29 is 8.83 Å². The highest BCUT2D eigenvalue weighted by Crippen LogP contribution is 2.47. The molecule has 0 spiro atoms. The normalized spacial score (nSPS) is 12.4. The van der Waals surface area contributed by atoms with Crippen LogP contribution in [0.5, 0.6) is 0 Å². The molecule has 0 amide bonds. The molecule has 0 bridgehead atoms. The van der Waals surface area contributed by atoms with Crippen molar-refractivity contribution in [2.24, 2.45) is 0 Å². The van der Waals surface area contributed by atoms with E-state index in [0.717, 1.165) is 60.4 Å². The molecule has 0 saturated heterocycles. The smallest absolute Gasteiger partial charge is 0.143 e. The van der Waals surface area contributed by atoms with Crippen molar-refractivity contribution in [3.05, 3.63) is 169 Å². The molecule has 0 atom stereocenters. The summed E-state index contributed by atoms with van der Waals surface area (Å²) in [4.78, 5) is 0. The number of benzene rings is 9. The molecule has 0 aliphatic carbocycles. The first-order valence-electron chi connectivity index (χ1n) is 18.8. The van der Waals surface area contributed by atoms with E-state index < -0.39 is 0 Å². The summed E-state index contributed by atoms with van der Waals surface area (Å²) in [7, 11) is 0. The van der Waals surface area contributed by atoms with Crippen LogP contribution in [0.1, 0.15) is 26.3 Å². The van der Waals surface area contributed by atoms with Crippen LogP contribution >= 0.6 is 0 Å². The quantitative estimate of drug-likeness (QED) is 0.172. The van der Waals surface area contributed by atoms with E-state index in [1.807, 2.05) is 18.2 Å². The van der Waals surface area contributed by atoms with Gasteiger partial charge in [0.15, 0.2) is 0 Å². The first-order chi connectivity index (χ1) is 26.4. The molecule has 0 N–H and O–H groups in total. The van der Waals surface area contributed by atoms with Gasteiger partial charge in [-0.3, -0.25) is 0 Å². The minimum atomic E-state index is 0.0577. The number of hydrogen-bond donors (Lipinski definition) is 0. The molecule has 2 nitrogen and oxygen atoms in total. The first kappa shape index (κ1) is 30.9. The Kier molecular flexibility index (Phi) is 6.55. The molecule has 11 rings (SSSR count). The van der Waals surface area contributed by atoms with Crippen LogP contribution in [0.25, 0.3) is 110 Å². The molecule has 9 aromatic carbocycles. The summed E-state index contributed by atoms with van der Waals surface area (Å²) in [6, 6.07) is 59.3. The molecule has 0 unspecified atom stereocenters. The van der Waals surface area contributed by atoms with Crippen molar-refractivity contribution >= 4 is 76.2 Å². The van der Waals surface area contributed by atoms with Gasteiger partial charge in [0.2, 0.25) is 0 Å². The standard InChI is InChI=1S/C52H36O2/c1-52(2,3)35-14-12-13-33(29-35)47-38-17-6-4-15-36(38)46(37-16-5-7-18-39(37)47)32-25-23-31(24-26-32)42-30-34-27-28-45-49(40-19-8-10-21-43(40)53-45)48(34)50-41-20-9-11-22-44(41)54-51(42)50/h4-30H,1-3H3. The molecule has 54 heavy (non-hydrogen) atoms. The van der Waals surface area contributed by atoms with E-state index in [9.17, 15) is 0 Å². The predicted molar refractivity (Wildman–Crippen MR) is 229 cm³/mol. The lowest BCUT2D eigenvalue weighted by Crippen LogP contribution is -2.10. The number of para-hydroxylation sites is 2. The fourth-order valence-electron chi connectivity index (χ4n) is 8.85. The molecule has 11 aromatic rings. The molecule has 0 saturated carbocycles. The topological polar surface area (TPSA) is 26.3 Å². The minimum Gasteiger partial charge on any atom is -0.456 e. The average molecular weight is 693 g/mol. The Morgan fingerprint density at radius 3 is 1.54 bits per heavy atom. The van der Waals surface area contributed by atoms with Crippen LogP contribution in [0.3, 0.4) is 0 Å². The molecule has 0 aliphatic heterocycles. The SMILES string of the molecule is CC(C)(C)c1cccc(-c2c3ccccc3c(-c3ccc(-c4cc5ccc6oc7ccccc7c6c5c5c4oc4ccccc45)cc3)c3ccccc23)c1. The third kappa shape index (κ3) is 4.53. The van der Waals surface area contributed by atoms with Gasteiger partial charge in [0.25, 0.3) is 0 Å². The van der Waals surface area contributed by atoms with E-state index in [1.165, 1.54) is 54.7 Å². The third-order valence-corrected chi connectivity index (χ3v) is 11.4. The number of hydrogen-bond acceptors (Lipinski definition) is 2. The summed E-state index contributed by atoms with van der Waals surface area (Å²) < 4.78 is 13.1. The summed E-state index contributed by atoms with van der Waals surface area (Å²) >= 11 is 0. The van der Waals surface area contributed by atoms with Crippen LogP contribution in [-0.2, 0) is 5.41 Å².